The molecule has 40 heavy (non-hydrogen) atoms. The highest BCUT2D eigenvalue weighted by molar-refractivity contribution is 5.99. The summed E-state index contributed by atoms with van der Waals surface area (Å²) in [6.07, 6.45) is 5.41. The number of carbonyl (C=O) groups is 1. The van der Waals surface area contributed by atoms with Crippen LogP contribution in [-0.2, 0) is 4.79 Å². The van der Waals surface area contributed by atoms with Crippen molar-refractivity contribution in [2.24, 2.45) is 5.18 Å². The first-order chi connectivity index (χ1) is 19.5. The minimum atomic E-state index is -0.426. The van der Waals surface area contributed by atoms with E-state index in [4.69, 9.17) is 15.6 Å². The maximum absolute atomic E-state index is 13.1. The summed E-state index contributed by atoms with van der Waals surface area (Å²) in [4.78, 5) is 39.1. The minimum Gasteiger partial charge on any atom is -0.457 e. The minimum absolute atomic E-state index is 0.0794. The zero-order valence-electron chi connectivity index (χ0n) is 22.2. The number of hydrogen-bond donors (Lipinski definition) is 2. The van der Waals surface area contributed by atoms with Gasteiger partial charge in [0, 0.05) is 18.7 Å². The van der Waals surface area contributed by atoms with Crippen molar-refractivity contribution in [3.63, 3.8) is 0 Å². The molecule has 0 spiro atoms. The Labute approximate surface area is 230 Å². The molecule has 2 aromatic heterocycles. The van der Waals surface area contributed by atoms with Gasteiger partial charge in [-0.15, -0.1) is 4.91 Å². The molecule has 1 amide bonds. The summed E-state index contributed by atoms with van der Waals surface area (Å²) in [7, 11) is 0. The molecule has 11 heteroatoms. The molecule has 3 heterocycles. The van der Waals surface area contributed by atoms with E-state index in [1.165, 1.54) is 0 Å². The fraction of sp³-hybridized carbons (Fsp3) is 0.310. The third kappa shape index (κ3) is 5.49. The lowest BCUT2D eigenvalue weighted by Gasteiger charge is -2.32. The number of para-hydroxylation sites is 1. The quantitative estimate of drug-likeness (QED) is 0.169. The van der Waals surface area contributed by atoms with Crippen LogP contribution in [0.1, 0.15) is 45.1 Å². The Bertz CT molecular complexity index is 1590. The number of carbonyl (C=O) groups excluding carboxylic acids is 1. The van der Waals surface area contributed by atoms with Crippen LogP contribution >= 0.6 is 0 Å². The van der Waals surface area contributed by atoms with E-state index in [0.717, 1.165) is 24.2 Å². The number of nitrogen functional groups attached to an aromatic ring is 1. The fourth-order valence-electron chi connectivity index (χ4n) is 4.99. The second-order valence-corrected chi connectivity index (χ2v) is 9.76. The molecule has 0 bridgehead atoms. The van der Waals surface area contributed by atoms with Gasteiger partial charge in [-0.1, -0.05) is 31.5 Å². The van der Waals surface area contributed by atoms with Crippen LogP contribution in [0.25, 0.3) is 22.2 Å². The van der Waals surface area contributed by atoms with Crippen molar-refractivity contribution in [3.05, 3.63) is 81.6 Å². The summed E-state index contributed by atoms with van der Waals surface area (Å²) in [5.74, 6) is 1.11. The Hall–Kier alpha value is -4.80. The number of aromatic amines is 1. The smallest absolute Gasteiger partial charge is 0.290 e. The Morgan fingerprint density at radius 2 is 1.93 bits per heavy atom. The average Bonchev–Trinajstić information content (AvgIpc) is 3.40. The zero-order chi connectivity index (χ0) is 28.1. The van der Waals surface area contributed by atoms with Crippen LogP contribution in [0.4, 0.5) is 5.82 Å². The van der Waals surface area contributed by atoms with E-state index < -0.39 is 11.5 Å². The maximum atomic E-state index is 13.1. The number of aromatic nitrogens is 4. The first-order valence-corrected chi connectivity index (χ1v) is 13.4. The van der Waals surface area contributed by atoms with Crippen LogP contribution in [-0.4, -0.2) is 43.9 Å². The first kappa shape index (κ1) is 26.8. The molecule has 3 N–H and O–H groups in total. The molecule has 0 radical (unpaired) electrons. The number of H-pyrrole nitrogens is 1. The van der Waals surface area contributed by atoms with Crippen LogP contribution < -0.4 is 16.0 Å². The highest BCUT2D eigenvalue weighted by Crippen LogP contribution is 2.34. The van der Waals surface area contributed by atoms with Crippen LogP contribution in [0.2, 0.25) is 0 Å². The molecule has 11 nitrogen and oxygen atoms in total. The molecule has 0 unspecified atom stereocenters. The number of amides is 1. The molecule has 1 saturated heterocycles. The lowest BCUT2D eigenvalue weighted by atomic mass is 10.0. The SMILES string of the molecule is CCCC/C=C(\N=O)C(=O)N1CCC[C@@H](n2nc(-c3ccc(Oc4ccccc4)cc3)c3c(N)n[nH]c(=O)c32)C1. The molecule has 4 aromatic rings. The molecule has 0 saturated carbocycles. The van der Waals surface area contributed by atoms with Crippen LogP contribution in [0, 0.1) is 4.91 Å². The highest BCUT2D eigenvalue weighted by Gasteiger charge is 2.30. The number of fused-ring (bicyclic) bond motifs is 1. The van der Waals surface area contributed by atoms with E-state index in [-0.39, 0.29) is 24.1 Å². The predicted molar refractivity (Wildman–Crippen MR) is 153 cm³/mol. The maximum Gasteiger partial charge on any atom is 0.290 e. The number of hydrogen-bond acceptors (Lipinski definition) is 8. The topological polar surface area (TPSA) is 149 Å². The van der Waals surface area contributed by atoms with E-state index in [2.05, 4.69) is 15.4 Å². The standard InChI is InChI=1S/C29H31N7O4/c1-2-3-5-12-23(34-39)29(38)35-17-8-9-20(18-35)36-26-24(27(30)31-32-28(26)37)25(33-36)19-13-15-22(16-14-19)40-21-10-6-4-7-11-21/h4,6-7,10-16,20H,2-3,5,8-9,17-18H2,1H3,(H2,30,31)(H,32,37)/b23-12-/t20-/m1/s1. The van der Waals surface area contributed by atoms with Gasteiger partial charge < -0.3 is 15.4 Å². The summed E-state index contributed by atoms with van der Waals surface area (Å²) in [6.45, 7) is 2.81. The van der Waals surface area contributed by atoms with E-state index in [1.54, 1.807) is 15.7 Å². The second kappa shape index (κ2) is 11.9. The number of nitrogens with two attached hydrogens (primary N) is 1. The number of rotatable bonds is 9. The van der Waals surface area contributed by atoms with Gasteiger partial charge in [0.25, 0.3) is 11.5 Å². The Morgan fingerprint density at radius 3 is 2.65 bits per heavy atom. The van der Waals surface area contributed by atoms with Crippen molar-refractivity contribution in [3.8, 4) is 22.8 Å². The number of allylic oxidation sites excluding steroid dienone is 1. The summed E-state index contributed by atoms with van der Waals surface area (Å²) < 4.78 is 7.55. The number of nitrogens with zero attached hydrogens (tertiary/aromatic N) is 5. The summed E-state index contributed by atoms with van der Waals surface area (Å²) in [6, 6.07) is 16.5. The van der Waals surface area contributed by atoms with Crippen molar-refractivity contribution in [1.29, 1.82) is 0 Å². The number of anilines is 1. The van der Waals surface area contributed by atoms with Crippen LogP contribution in [0.3, 0.4) is 0 Å². The van der Waals surface area contributed by atoms with Crippen molar-refractivity contribution in [1.82, 2.24) is 24.9 Å². The lowest BCUT2D eigenvalue weighted by Crippen LogP contribution is -2.41. The molecule has 1 aliphatic rings. The predicted octanol–water partition coefficient (Wildman–Crippen LogP) is 5.17. The normalized spacial score (nSPS) is 15.8. The highest BCUT2D eigenvalue weighted by atomic mass is 16.5. The molecule has 2 aromatic carbocycles. The Kier molecular flexibility index (Phi) is 7.99. The van der Waals surface area contributed by atoms with Gasteiger partial charge in [0.2, 0.25) is 0 Å². The second-order valence-electron chi connectivity index (χ2n) is 9.76. The van der Waals surface area contributed by atoms with Crippen molar-refractivity contribution >= 4 is 22.6 Å². The molecule has 206 valence electrons. The number of nitrogens with one attached hydrogen (secondary N) is 1. The van der Waals surface area contributed by atoms with E-state index in [1.807, 2.05) is 61.5 Å². The molecular weight excluding hydrogens is 510 g/mol. The van der Waals surface area contributed by atoms with Crippen LogP contribution in [0.5, 0.6) is 11.5 Å². The van der Waals surface area contributed by atoms with Gasteiger partial charge in [-0.2, -0.15) is 10.2 Å². The molecular formula is C29H31N7O4. The van der Waals surface area contributed by atoms with Gasteiger partial charge in [0.15, 0.2) is 11.5 Å². The number of piperidine rings is 1. The number of unbranched alkanes of at least 4 members (excludes halogenated alkanes) is 2. The van der Waals surface area contributed by atoms with Gasteiger partial charge in [0.05, 0.1) is 11.4 Å². The number of nitroso groups, excluding NO2 is 1. The van der Waals surface area contributed by atoms with E-state index >= 15 is 0 Å². The number of benzene rings is 2. The lowest BCUT2D eigenvalue weighted by molar-refractivity contribution is -0.128. The summed E-state index contributed by atoms with van der Waals surface area (Å²) in [5, 5.41) is 14.7. The van der Waals surface area contributed by atoms with E-state index in [9.17, 15) is 14.5 Å². The molecule has 0 aliphatic carbocycles. The van der Waals surface area contributed by atoms with Gasteiger partial charge in [-0.25, -0.2) is 5.10 Å². The number of ether oxygens (including phenoxy) is 1. The molecule has 5 rings (SSSR count). The van der Waals surface area contributed by atoms with Gasteiger partial charge in [0.1, 0.15) is 22.7 Å². The van der Waals surface area contributed by atoms with Crippen LogP contribution in [0.15, 0.2) is 76.3 Å². The largest absolute Gasteiger partial charge is 0.457 e. The van der Waals surface area contributed by atoms with Crippen molar-refractivity contribution in [2.75, 3.05) is 18.8 Å². The molecule has 1 aliphatic heterocycles. The fourth-order valence-corrected chi connectivity index (χ4v) is 4.99. The van der Waals surface area contributed by atoms with Crippen molar-refractivity contribution in [2.45, 2.75) is 45.1 Å². The van der Waals surface area contributed by atoms with E-state index in [0.29, 0.717) is 48.2 Å². The average molecular weight is 542 g/mol. The third-order valence-electron chi connectivity index (χ3n) is 7.01. The summed E-state index contributed by atoms with van der Waals surface area (Å²) >= 11 is 0. The van der Waals surface area contributed by atoms with Crippen molar-refractivity contribution < 1.29 is 9.53 Å². The molecule has 1 fully saturated rings. The Balaban J connectivity index is 1.47. The summed E-state index contributed by atoms with van der Waals surface area (Å²) in [5.41, 5.74) is 7.28. The van der Waals surface area contributed by atoms with Gasteiger partial charge >= 0.3 is 0 Å². The monoisotopic (exact) mass is 541 g/mol. The zero-order valence-corrected chi connectivity index (χ0v) is 22.2. The number of likely N-dealkylation sites (tertiary alicyclic amines) is 1. The Morgan fingerprint density at radius 1 is 1.18 bits per heavy atom. The molecule has 1 atom stereocenters. The van der Waals surface area contributed by atoms with Gasteiger partial charge in [-0.3, -0.25) is 14.3 Å². The first-order valence-electron chi connectivity index (χ1n) is 13.4. The third-order valence-corrected chi connectivity index (χ3v) is 7.01. The van der Waals surface area contributed by atoms with Gasteiger partial charge in [-0.05, 0) is 73.3 Å².